The van der Waals surface area contributed by atoms with E-state index in [4.69, 9.17) is 0 Å². The van der Waals surface area contributed by atoms with Gasteiger partial charge < -0.3 is 10.4 Å². The summed E-state index contributed by atoms with van der Waals surface area (Å²) in [5, 5.41) is 12.7. The number of hydrogen-bond donors (Lipinski definition) is 2. The Kier molecular flexibility index (Phi) is 4.13. The Bertz CT molecular complexity index is 454. The lowest BCUT2D eigenvalue weighted by Crippen LogP contribution is -2.40. The molecule has 3 heteroatoms. The fraction of sp³-hybridized carbons (Fsp3) is 0.562. The lowest BCUT2D eigenvalue weighted by molar-refractivity contribution is -0.130. The Morgan fingerprint density at radius 1 is 1.37 bits per heavy atom. The molecule has 1 atom stereocenters. The first-order chi connectivity index (χ1) is 9.00. The number of carbonyl (C=O) groups is 1. The summed E-state index contributed by atoms with van der Waals surface area (Å²) in [5.41, 5.74) is 0.852. The summed E-state index contributed by atoms with van der Waals surface area (Å²) in [6, 6.07) is 7.13. The van der Waals surface area contributed by atoms with Crippen LogP contribution in [0.1, 0.15) is 45.1 Å². The lowest BCUT2D eigenvalue weighted by atomic mass is 9.68. The second-order valence-electron chi connectivity index (χ2n) is 6.13. The number of rotatable bonds is 3. The zero-order valence-electron chi connectivity index (χ0n) is 11.8. The first kappa shape index (κ1) is 13.9. The highest BCUT2D eigenvalue weighted by Crippen LogP contribution is 2.40. The smallest absolute Gasteiger partial charge is 0.223 e. The van der Waals surface area contributed by atoms with Crippen LogP contribution in [0.15, 0.2) is 24.3 Å². The van der Waals surface area contributed by atoms with Gasteiger partial charge in [0.15, 0.2) is 0 Å². The number of nitrogens with one attached hydrogen (secondary N) is 1. The number of para-hydroxylation sites is 1. The number of benzene rings is 1. The van der Waals surface area contributed by atoms with Gasteiger partial charge in [-0.25, -0.2) is 0 Å². The molecule has 1 aromatic carbocycles. The molecule has 3 nitrogen and oxygen atoms in total. The van der Waals surface area contributed by atoms with Crippen LogP contribution in [0.25, 0.3) is 0 Å². The fourth-order valence-corrected chi connectivity index (χ4v) is 2.95. The molecule has 1 aromatic rings. The molecule has 0 saturated heterocycles. The van der Waals surface area contributed by atoms with Crippen LogP contribution in [-0.4, -0.2) is 11.0 Å². The summed E-state index contributed by atoms with van der Waals surface area (Å²) >= 11 is 0. The van der Waals surface area contributed by atoms with Crippen molar-refractivity contribution >= 4 is 5.91 Å². The standard InChI is InChI=1S/C16H23NO2/c1-16(2)10-6-5-8-13(16)15(19)17-11-12-7-3-4-9-14(12)18/h3-4,7,9,13,18H,5-6,8,10-11H2,1-2H3,(H,17,19). The van der Waals surface area contributed by atoms with Crippen LogP contribution in [0, 0.1) is 11.3 Å². The first-order valence-corrected chi connectivity index (χ1v) is 7.05. The Balaban J connectivity index is 1.96. The van der Waals surface area contributed by atoms with Crippen LogP contribution < -0.4 is 5.32 Å². The van der Waals surface area contributed by atoms with Crippen LogP contribution in [0.5, 0.6) is 5.75 Å². The minimum absolute atomic E-state index is 0.0844. The van der Waals surface area contributed by atoms with Gasteiger partial charge in [-0.15, -0.1) is 0 Å². The van der Waals surface area contributed by atoms with Gasteiger partial charge in [0, 0.05) is 18.0 Å². The average molecular weight is 261 g/mol. The van der Waals surface area contributed by atoms with Crippen molar-refractivity contribution in [3.8, 4) is 5.75 Å². The van der Waals surface area contributed by atoms with Gasteiger partial charge in [-0.1, -0.05) is 44.9 Å². The van der Waals surface area contributed by atoms with E-state index in [2.05, 4.69) is 19.2 Å². The maximum Gasteiger partial charge on any atom is 0.223 e. The van der Waals surface area contributed by atoms with E-state index >= 15 is 0 Å². The molecule has 0 heterocycles. The van der Waals surface area contributed by atoms with Crippen molar-refractivity contribution in [2.45, 2.75) is 46.1 Å². The molecule has 0 radical (unpaired) electrons. The van der Waals surface area contributed by atoms with E-state index in [9.17, 15) is 9.90 Å². The Hall–Kier alpha value is -1.51. The van der Waals surface area contributed by atoms with Crippen molar-refractivity contribution in [3.63, 3.8) is 0 Å². The Labute approximate surface area is 115 Å². The predicted molar refractivity (Wildman–Crippen MR) is 75.7 cm³/mol. The second-order valence-corrected chi connectivity index (χ2v) is 6.13. The minimum atomic E-state index is 0.0844. The van der Waals surface area contributed by atoms with Crippen molar-refractivity contribution in [2.75, 3.05) is 0 Å². The zero-order chi connectivity index (χ0) is 13.9. The third kappa shape index (κ3) is 3.28. The molecule has 1 aliphatic rings. The molecule has 104 valence electrons. The van der Waals surface area contributed by atoms with Crippen LogP contribution in [0.3, 0.4) is 0 Å². The maximum absolute atomic E-state index is 12.3. The van der Waals surface area contributed by atoms with Crippen LogP contribution in [-0.2, 0) is 11.3 Å². The van der Waals surface area contributed by atoms with Crippen molar-refractivity contribution in [3.05, 3.63) is 29.8 Å². The molecule has 1 amide bonds. The molecular formula is C16H23NO2. The average Bonchev–Trinajstić information content (AvgIpc) is 2.37. The summed E-state index contributed by atoms with van der Waals surface area (Å²) in [4.78, 5) is 12.3. The zero-order valence-corrected chi connectivity index (χ0v) is 11.8. The van der Waals surface area contributed by atoms with Gasteiger partial charge >= 0.3 is 0 Å². The van der Waals surface area contributed by atoms with E-state index in [1.165, 1.54) is 6.42 Å². The van der Waals surface area contributed by atoms with E-state index in [0.29, 0.717) is 6.54 Å². The van der Waals surface area contributed by atoms with Gasteiger partial charge in [-0.3, -0.25) is 4.79 Å². The highest BCUT2D eigenvalue weighted by atomic mass is 16.3. The largest absolute Gasteiger partial charge is 0.508 e. The van der Waals surface area contributed by atoms with Gasteiger partial charge in [0.1, 0.15) is 5.75 Å². The van der Waals surface area contributed by atoms with E-state index < -0.39 is 0 Å². The summed E-state index contributed by atoms with van der Waals surface area (Å²) in [6.45, 7) is 4.75. The third-order valence-corrected chi connectivity index (χ3v) is 4.27. The van der Waals surface area contributed by atoms with E-state index in [1.54, 1.807) is 12.1 Å². The predicted octanol–water partition coefficient (Wildman–Crippen LogP) is 3.22. The van der Waals surface area contributed by atoms with Crippen molar-refractivity contribution in [1.29, 1.82) is 0 Å². The first-order valence-electron chi connectivity index (χ1n) is 7.05. The minimum Gasteiger partial charge on any atom is -0.508 e. The number of carbonyl (C=O) groups excluding carboxylic acids is 1. The molecule has 0 bridgehead atoms. The number of phenols is 1. The number of amides is 1. The fourth-order valence-electron chi connectivity index (χ4n) is 2.95. The van der Waals surface area contributed by atoms with Crippen molar-refractivity contribution in [1.82, 2.24) is 5.32 Å². The molecule has 0 aromatic heterocycles. The molecular weight excluding hydrogens is 238 g/mol. The molecule has 1 saturated carbocycles. The number of phenolic OH excluding ortho intramolecular Hbond substituents is 1. The van der Waals surface area contributed by atoms with Crippen LogP contribution in [0.2, 0.25) is 0 Å². The van der Waals surface area contributed by atoms with Crippen molar-refractivity contribution in [2.24, 2.45) is 11.3 Å². The van der Waals surface area contributed by atoms with Gasteiger partial charge in [0.05, 0.1) is 0 Å². The van der Waals surface area contributed by atoms with Crippen molar-refractivity contribution < 1.29 is 9.90 Å². The summed E-state index contributed by atoms with van der Waals surface area (Å²) < 4.78 is 0. The van der Waals surface area contributed by atoms with Gasteiger partial charge in [-0.2, -0.15) is 0 Å². The Morgan fingerprint density at radius 2 is 2.11 bits per heavy atom. The van der Waals surface area contributed by atoms with E-state index in [1.807, 2.05) is 12.1 Å². The van der Waals surface area contributed by atoms with Gasteiger partial charge in [0.25, 0.3) is 0 Å². The summed E-state index contributed by atoms with van der Waals surface area (Å²) in [5.74, 6) is 0.450. The topological polar surface area (TPSA) is 49.3 Å². The third-order valence-electron chi connectivity index (χ3n) is 4.27. The molecule has 19 heavy (non-hydrogen) atoms. The quantitative estimate of drug-likeness (QED) is 0.877. The number of hydrogen-bond acceptors (Lipinski definition) is 2. The maximum atomic E-state index is 12.3. The summed E-state index contributed by atoms with van der Waals surface area (Å²) in [7, 11) is 0. The summed E-state index contributed by atoms with van der Waals surface area (Å²) in [6.07, 6.45) is 4.44. The molecule has 1 fully saturated rings. The van der Waals surface area contributed by atoms with Crippen LogP contribution >= 0.6 is 0 Å². The molecule has 0 spiro atoms. The second kappa shape index (κ2) is 5.64. The molecule has 2 rings (SSSR count). The van der Waals surface area contributed by atoms with E-state index in [0.717, 1.165) is 24.8 Å². The van der Waals surface area contributed by atoms with Gasteiger partial charge in [0.2, 0.25) is 5.91 Å². The molecule has 2 N–H and O–H groups in total. The van der Waals surface area contributed by atoms with E-state index in [-0.39, 0.29) is 23.0 Å². The monoisotopic (exact) mass is 261 g/mol. The SMILES string of the molecule is CC1(C)CCCCC1C(=O)NCc1ccccc1O. The number of aromatic hydroxyl groups is 1. The Morgan fingerprint density at radius 3 is 2.79 bits per heavy atom. The lowest BCUT2D eigenvalue weighted by Gasteiger charge is -2.37. The highest BCUT2D eigenvalue weighted by molar-refractivity contribution is 5.79. The highest BCUT2D eigenvalue weighted by Gasteiger charge is 2.36. The normalized spacial score (nSPS) is 21.9. The molecule has 1 unspecified atom stereocenters. The molecule has 1 aliphatic carbocycles. The molecule has 0 aliphatic heterocycles. The van der Waals surface area contributed by atoms with Crippen LogP contribution in [0.4, 0.5) is 0 Å². The van der Waals surface area contributed by atoms with Gasteiger partial charge in [-0.05, 0) is 24.3 Å².